The molecule has 1 saturated carbocycles. The first-order valence-electron chi connectivity index (χ1n) is 6.11. The Morgan fingerprint density at radius 1 is 1.38 bits per heavy atom. The first-order chi connectivity index (χ1) is 7.68. The molecule has 3 nitrogen and oxygen atoms in total. The lowest BCUT2D eigenvalue weighted by Gasteiger charge is -2.12. The molecule has 1 aliphatic carbocycles. The molecular formula is C12H20ClN3. The Hall–Kier alpha value is -0.540. The number of aryl methyl sites for hydroxylation is 1. The lowest BCUT2D eigenvalue weighted by atomic mass is 10.2. The number of aromatic nitrogens is 2. The molecule has 0 aliphatic heterocycles. The van der Waals surface area contributed by atoms with Crippen molar-refractivity contribution < 1.29 is 0 Å². The van der Waals surface area contributed by atoms with Crippen LogP contribution in [0.5, 0.6) is 0 Å². The SMILES string of the molecule is Cc1nn(CCNC2CCCC2)c(C)c1Cl. The van der Waals surface area contributed by atoms with Crippen LogP contribution in [0.4, 0.5) is 0 Å². The van der Waals surface area contributed by atoms with Gasteiger partial charge < -0.3 is 5.32 Å². The maximum Gasteiger partial charge on any atom is 0.0844 e. The number of nitrogens with zero attached hydrogens (tertiary/aromatic N) is 2. The van der Waals surface area contributed by atoms with Gasteiger partial charge in [-0.2, -0.15) is 5.10 Å². The lowest BCUT2D eigenvalue weighted by molar-refractivity contribution is 0.475. The summed E-state index contributed by atoms with van der Waals surface area (Å²) < 4.78 is 2.00. The second kappa shape index (κ2) is 5.19. The van der Waals surface area contributed by atoms with Gasteiger partial charge in [0, 0.05) is 12.6 Å². The standard InChI is InChI=1S/C12H20ClN3/c1-9-12(13)10(2)16(15-9)8-7-14-11-5-3-4-6-11/h11,14H,3-8H2,1-2H3. The van der Waals surface area contributed by atoms with Gasteiger partial charge in [0.15, 0.2) is 0 Å². The van der Waals surface area contributed by atoms with Gasteiger partial charge in [-0.1, -0.05) is 24.4 Å². The lowest BCUT2D eigenvalue weighted by Crippen LogP contribution is -2.29. The number of hydrogen-bond acceptors (Lipinski definition) is 2. The van der Waals surface area contributed by atoms with Gasteiger partial charge in [0.05, 0.1) is 23.0 Å². The van der Waals surface area contributed by atoms with Crippen molar-refractivity contribution in [1.29, 1.82) is 0 Å². The molecule has 0 unspecified atom stereocenters. The molecule has 1 N–H and O–H groups in total. The highest BCUT2D eigenvalue weighted by atomic mass is 35.5. The van der Waals surface area contributed by atoms with Crippen LogP contribution in [-0.4, -0.2) is 22.4 Å². The highest BCUT2D eigenvalue weighted by Crippen LogP contribution is 2.19. The van der Waals surface area contributed by atoms with E-state index in [0.29, 0.717) is 0 Å². The van der Waals surface area contributed by atoms with Crippen LogP contribution in [0, 0.1) is 13.8 Å². The quantitative estimate of drug-likeness (QED) is 0.879. The van der Waals surface area contributed by atoms with Crippen LogP contribution in [0.25, 0.3) is 0 Å². The van der Waals surface area contributed by atoms with Crippen molar-refractivity contribution in [1.82, 2.24) is 15.1 Å². The zero-order chi connectivity index (χ0) is 11.5. The third-order valence-electron chi connectivity index (χ3n) is 3.40. The van der Waals surface area contributed by atoms with E-state index in [-0.39, 0.29) is 0 Å². The van der Waals surface area contributed by atoms with E-state index in [1.165, 1.54) is 25.7 Å². The fraction of sp³-hybridized carbons (Fsp3) is 0.750. The summed E-state index contributed by atoms with van der Waals surface area (Å²) >= 11 is 6.10. The van der Waals surface area contributed by atoms with Crippen LogP contribution in [0.3, 0.4) is 0 Å². The third kappa shape index (κ3) is 2.58. The number of halogens is 1. The van der Waals surface area contributed by atoms with Crippen LogP contribution < -0.4 is 5.32 Å². The van der Waals surface area contributed by atoms with Crippen LogP contribution in [-0.2, 0) is 6.54 Å². The smallest absolute Gasteiger partial charge is 0.0844 e. The van der Waals surface area contributed by atoms with Crippen LogP contribution in [0.2, 0.25) is 5.02 Å². The Kier molecular flexibility index (Phi) is 3.87. The van der Waals surface area contributed by atoms with Crippen molar-refractivity contribution in [2.24, 2.45) is 0 Å². The van der Waals surface area contributed by atoms with Gasteiger partial charge in [-0.05, 0) is 26.7 Å². The molecule has 0 spiro atoms. The molecule has 16 heavy (non-hydrogen) atoms. The van der Waals surface area contributed by atoms with Gasteiger partial charge in [0.25, 0.3) is 0 Å². The van der Waals surface area contributed by atoms with E-state index in [0.717, 1.165) is 35.5 Å². The molecule has 0 amide bonds. The highest BCUT2D eigenvalue weighted by molar-refractivity contribution is 6.31. The summed E-state index contributed by atoms with van der Waals surface area (Å²) in [5, 5.41) is 8.81. The first-order valence-corrected chi connectivity index (χ1v) is 6.49. The minimum Gasteiger partial charge on any atom is -0.312 e. The Morgan fingerprint density at radius 3 is 2.62 bits per heavy atom. The largest absolute Gasteiger partial charge is 0.312 e. The maximum atomic E-state index is 6.10. The maximum absolute atomic E-state index is 6.10. The van der Waals surface area contributed by atoms with Gasteiger partial charge in [-0.25, -0.2) is 0 Å². The third-order valence-corrected chi connectivity index (χ3v) is 3.95. The minimum absolute atomic E-state index is 0.729. The zero-order valence-electron chi connectivity index (χ0n) is 10.1. The Bertz CT molecular complexity index is 353. The van der Waals surface area contributed by atoms with Crippen LogP contribution in [0.15, 0.2) is 0 Å². The molecule has 0 atom stereocenters. The number of rotatable bonds is 4. The summed E-state index contributed by atoms with van der Waals surface area (Å²) in [6.45, 7) is 5.88. The predicted octanol–water partition coefficient (Wildman–Crippen LogP) is 2.69. The van der Waals surface area contributed by atoms with Crippen molar-refractivity contribution in [3.05, 3.63) is 16.4 Å². The molecule has 0 bridgehead atoms. The summed E-state index contributed by atoms with van der Waals surface area (Å²) in [7, 11) is 0. The molecule has 1 fully saturated rings. The molecular weight excluding hydrogens is 222 g/mol. The molecule has 1 aromatic rings. The average Bonchev–Trinajstić information content (AvgIpc) is 2.85. The normalized spacial score (nSPS) is 17.2. The number of hydrogen-bond donors (Lipinski definition) is 1. The minimum atomic E-state index is 0.729. The molecule has 1 aliphatic rings. The van der Waals surface area contributed by atoms with Gasteiger partial charge in [0.2, 0.25) is 0 Å². The van der Waals surface area contributed by atoms with E-state index in [1.807, 2.05) is 18.5 Å². The van der Waals surface area contributed by atoms with Crippen molar-refractivity contribution in [2.45, 2.75) is 52.1 Å². The first kappa shape index (κ1) is 11.9. The van der Waals surface area contributed by atoms with Crippen LogP contribution >= 0.6 is 11.6 Å². The van der Waals surface area contributed by atoms with Gasteiger partial charge in [-0.15, -0.1) is 0 Å². The van der Waals surface area contributed by atoms with E-state index in [9.17, 15) is 0 Å². The second-order valence-corrected chi connectivity index (χ2v) is 5.02. The molecule has 1 heterocycles. The Balaban J connectivity index is 1.82. The van der Waals surface area contributed by atoms with E-state index >= 15 is 0 Å². The monoisotopic (exact) mass is 241 g/mol. The van der Waals surface area contributed by atoms with E-state index in [2.05, 4.69) is 10.4 Å². The Labute approximate surface area is 102 Å². The van der Waals surface area contributed by atoms with Gasteiger partial charge in [-0.3, -0.25) is 4.68 Å². The number of nitrogens with one attached hydrogen (secondary N) is 1. The molecule has 4 heteroatoms. The molecule has 1 aromatic heterocycles. The van der Waals surface area contributed by atoms with Crippen molar-refractivity contribution in [3.63, 3.8) is 0 Å². The van der Waals surface area contributed by atoms with Crippen molar-refractivity contribution in [3.8, 4) is 0 Å². The second-order valence-electron chi connectivity index (χ2n) is 4.64. The fourth-order valence-corrected chi connectivity index (χ4v) is 2.53. The van der Waals surface area contributed by atoms with E-state index in [4.69, 9.17) is 11.6 Å². The molecule has 0 aromatic carbocycles. The van der Waals surface area contributed by atoms with Crippen molar-refractivity contribution in [2.75, 3.05) is 6.54 Å². The molecule has 0 saturated heterocycles. The van der Waals surface area contributed by atoms with Crippen LogP contribution in [0.1, 0.15) is 37.1 Å². The summed E-state index contributed by atoms with van der Waals surface area (Å²) in [5.41, 5.74) is 2.01. The molecule has 90 valence electrons. The summed E-state index contributed by atoms with van der Waals surface area (Å²) in [5.74, 6) is 0. The Morgan fingerprint density at radius 2 is 2.06 bits per heavy atom. The van der Waals surface area contributed by atoms with E-state index in [1.54, 1.807) is 0 Å². The zero-order valence-corrected chi connectivity index (χ0v) is 10.8. The van der Waals surface area contributed by atoms with Gasteiger partial charge >= 0.3 is 0 Å². The predicted molar refractivity (Wildman–Crippen MR) is 67.0 cm³/mol. The molecule has 2 rings (SSSR count). The highest BCUT2D eigenvalue weighted by Gasteiger charge is 2.14. The topological polar surface area (TPSA) is 29.9 Å². The van der Waals surface area contributed by atoms with Crippen molar-refractivity contribution >= 4 is 11.6 Å². The van der Waals surface area contributed by atoms with Gasteiger partial charge in [0.1, 0.15) is 0 Å². The summed E-state index contributed by atoms with van der Waals surface area (Å²) in [4.78, 5) is 0. The summed E-state index contributed by atoms with van der Waals surface area (Å²) in [6, 6.07) is 0.729. The average molecular weight is 242 g/mol. The van der Waals surface area contributed by atoms with E-state index < -0.39 is 0 Å². The fourth-order valence-electron chi connectivity index (χ4n) is 2.40. The molecule has 0 radical (unpaired) electrons. The summed E-state index contributed by atoms with van der Waals surface area (Å²) in [6.07, 6.45) is 5.42.